The third kappa shape index (κ3) is 2.43. The molecule has 2 N–H and O–H groups in total. The van der Waals surface area contributed by atoms with E-state index >= 15 is 0 Å². The molecule has 0 aliphatic heterocycles. The van der Waals surface area contributed by atoms with Crippen LogP contribution < -0.4 is 5.73 Å². The van der Waals surface area contributed by atoms with Gasteiger partial charge in [0.1, 0.15) is 4.99 Å². The lowest BCUT2D eigenvalue weighted by Gasteiger charge is -2.06. The highest BCUT2D eigenvalue weighted by molar-refractivity contribution is 7.80. The van der Waals surface area contributed by atoms with Gasteiger partial charge in [-0.15, -0.1) is 0 Å². The molecule has 2 rings (SSSR count). The lowest BCUT2D eigenvalue weighted by atomic mass is 10.2. The Hall–Kier alpha value is -1.68. The van der Waals surface area contributed by atoms with E-state index in [4.69, 9.17) is 18.0 Å². The summed E-state index contributed by atoms with van der Waals surface area (Å²) in [5, 5.41) is 4.60. The summed E-state index contributed by atoms with van der Waals surface area (Å²) >= 11 is 4.95. The molecule has 0 fully saturated rings. The maximum absolute atomic E-state index is 5.59. The molecule has 94 valence electrons. The van der Waals surface area contributed by atoms with Gasteiger partial charge in [-0.05, 0) is 43.2 Å². The third-order valence-electron chi connectivity index (χ3n) is 2.95. The fourth-order valence-electron chi connectivity index (χ4n) is 1.89. The number of aromatic nitrogens is 2. The molecule has 0 spiro atoms. The van der Waals surface area contributed by atoms with Gasteiger partial charge in [0, 0.05) is 11.3 Å². The zero-order valence-corrected chi connectivity index (χ0v) is 11.5. The number of benzene rings is 1. The summed E-state index contributed by atoms with van der Waals surface area (Å²) in [6.07, 6.45) is 1.91. The molecule has 0 saturated carbocycles. The van der Waals surface area contributed by atoms with Crippen LogP contribution in [0.3, 0.4) is 0 Å². The highest BCUT2D eigenvalue weighted by atomic mass is 32.1. The molecule has 0 unspecified atom stereocenters. The highest BCUT2D eigenvalue weighted by Gasteiger charge is 2.07. The third-order valence-corrected chi connectivity index (χ3v) is 3.19. The summed E-state index contributed by atoms with van der Waals surface area (Å²) in [5.41, 5.74) is 9.86. The Balaban J connectivity index is 2.41. The predicted octanol–water partition coefficient (Wildman–Crippen LogP) is 2.63. The first-order chi connectivity index (χ1) is 8.65. The minimum Gasteiger partial charge on any atom is -0.389 e. The number of thiocarbonyl (C=S) groups is 1. The van der Waals surface area contributed by atoms with Crippen LogP contribution in [0.1, 0.15) is 30.8 Å². The van der Waals surface area contributed by atoms with E-state index in [2.05, 4.69) is 25.0 Å². The van der Waals surface area contributed by atoms with Gasteiger partial charge in [0.05, 0.1) is 11.4 Å². The maximum atomic E-state index is 5.59. The molecule has 1 aromatic carbocycles. The molecular weight excluding hydrogens is 242 g/mol. The molecule has 4 heteroatoms. The van der Waals surface area contributed by atoms with Crippen LogP contribution >= 0.6 is 12.2 Å². The molecule has 1 heterocycles. The van der Waals surface area contributed by atoms with Crippen LogP contribution in [0.4, 0.5) is 0 Å². The summed E-state index contributed by atoms with van der Waals surface area (Å²) in [4.78, 5) is 0.423. The lowest BCUT2D eigenvalue weighted by molar-refractivity contribution is 0.794. The molecular formula is C14H17N3S. The van der Waals surface area contributed by atoms with E-state index in [0.717, 1.165) is 29.8 Å². The van der Waals surface area contributed by atoms with Gasteiger partial charge in [-0.3, -0.25) is 0 Å². The molecule has 0 saturated heterocycles. The van der Waals surface area contributed by atoms with Crippen molar-refractivity contribution in [2.75, 3.05) is 0 Å². The van der Waals surface area contributed by atoms with Gasteiger partial charge in [0.2, 0.25) is 0 Å². The smallest absolute Gasteiger partial charge is 0.103 e. The van der Waals surface area contributed by atoms with Crippen LogP contribution in [-0.2, 0) is 12.8 Å². The second-order valence-electron chi connectivity index (χ2n) is 4.16. The molecule has 0 amide bonds. The quantitative estimate of drug-likeness (QED) is 0.858. The van der Waals surface area contributed by atoms with E-state index in [1.54, 1.807) is 0 Å². The Morgan fingerprint density at radius 1 is 1.22 bits per heavy atom. The molecule has 18 heavy (non-hydrogen) atoms. The topological polar surface area (TPSA) is 43.8 Å². The first-order valence-electron chi connectivity index (χ1n) is 6.13. The van der Waals surface area contributed by atoms with Crippen molar-refractivity contribution < 1.29 is 0 Å². The van der Waals surface area contributed by atoms with Crippen LogP contribution in [0.25, 0.3) is 5.69 Å². The fourth-order valence-corrected chi connectivity index (χ4v) is 2.03. The number of nitrogens with zero attached hydrogens (tertiary/aromatic N) is 2. The second kappa shape index (κ2) is 5.31. The van der Waals surface area contributed by atoms with E-state index in [9.17, 15) is 0 Å². The minimum atomic E-state index is 0.423. The van der Waals surface area contributed by atoms with Crippen LogP contribution in [0.2, 0.25) is 0 Å². The Bertz CT molecular complexity index is 555. The average molecular weight is 259 g/mol. The number of hydrogen-bond acceptors (Lipinski definition) is 2. The van der Waals surface area contributed by atoms with Crippen LogP contribution in [0, 0.1) is 0 Å². The van der Waals surface area contributed by atoms with Gasteiger partial charge in [-0.25, -0.2) is 4.68 Å². The monoisotopic (exact) mass is 259 g/mol. The summed E-state index contributed by atoms with van der Waals surface area (Å²) in [7, 11) is 0. The zero-order chi connectivity index (χ0) is 13.1. The van der Waals surface area contributed by atoms with Crippen LogP contribution in [0.15, 0.2) is 30.3 Å². The first kappa shape index (κ1) is 12.8. The Morgan fingerprint density at radius 3 is 2.39 bits per heavy atom. The largest absolute Gasteiger partial charge is 0.389 e. The maximum Gasteiger partial charge on any atom is 0.103 e. The van der Waals surface area contributed by atoms with Crippen molar-refractivity contribution >= 4 is 17.2 Å². The summed E-state index contributed by atoms with van der Waals surface area (Å²) in [6, 6.07) is 10.0. The summed E-state index contributed by atoms with van der Waals surface area (Å²) in [6.45, 7) is 4.25. The standard InChI is InChI=1S/C14H17N3S/c1-3-11-9-12(4-2)17(16-11)13-7-5-10(6-8-13)14(15)18/h5-9H,3-4H2,1-2H3,(H2,15,18). The number of aryl methyl sites for hydroxylation is 2. The summed E-state index contributed by atoms with van der Waals surface area (Å²) < 4.78 is 1.99. The van der Waals surface area contributed by atoms with Crippen LogP contribution in [-0.4, -0.2) is 14.8 Å². The Labute approximate surface area is 113 Å². The molecule has 2 aromatic rings. The van der Waals surface area contributed by atoms with Gasteiger partial charge in [-0.1, -0.05) is 26.1 Å². The Kier molecular flexibility index (Phi) is 3.77. The Morgan fingerprint density at radius 2 is 1.89 bits per heavy atom. The van der Waals surface area contributed by atoms with Gasteiger partial charge < -0.3 is 5.73 Å². The van der Waals surface area contributed by atoms with E-state index in [-0.39, 0.29) is 0 Å². The van der Waals surface area contributed by atoms with E-state index in [1.165, 1.54) is 5.69 Å². The first-order valence-corrected chi connectivity index (χ1v) is 6.54. The van der Waals surface area contributed by atoms with Crippen LogP contribution in [0.5, 0.6) is 0 Å². The number of rotatable bonds is 4. The van der Waals surface area contributed by atoms with E-state index < -0.39 is 0 Å². The van der Waals surface area contributed by atoms with Gasteiger partial charge >= 0.3 is 0 Å². The van der Waals surface area contributed by atoms with Crippen molar-refractivity contribution in [1.82, 2.24) is 9.78 Å². The normalized spacial score (nSPS) is 10.6. The van der Waals surface area contributed by atoms with Gasteiger partial charge in [-0.2, -0.15) is 5.10 Å². The highest BCUT2D eigenvalue weighted by Crippen LogP contribution is 2.15. The van der Waals surface area contributed by atoms with Crippen molar-refractivity contribution in [2.24, 2.45) is 5.73 Å². The molecule has 0 radical (unpaired) electrons. The van der Waals surface area contributed by atoms with Crippen molar-refractivity contribution in [3.63, 3.8) is 0 Å². The summed E-state index contributed by atoms with van der Waals surface area (Å²) in [5.74, 6) is 0. The van der Waals surface area contributed by atoms with E-state index in [0.29, 0.717) is 4.99 Å². The van der Waals surface area contributed by atoms with Gasteiger partial charge in [0.25, 0.3) is 0 Å². The van der Waals surface area contributed by atoms with Crippen molar-refractivity contribution in [3.05, 3.63) is 47.3 Å². The lowest BCUT2D eigenvalue weighted by Crippen LogP contribution is -2.09. The molecule has 0 aliphatic rings. The van der Waals surface area contributed by atoms with Gasteiger partial charge in [0.15, 0.2) is 0 Å². The second-order valence-corrected chi connectivity index (χ2v) is 4.60. The van der Waals surface area contributed by atoms with E-state index in [1.807, 2.05) is 28.9 Å². The fraction of sp³-hybridized carbons (Fsp3) is 0.286. The van der Waals surface area contributed by atoms with Crippen molar-refractivity contribution in [1.29, 1.82) is 0 Å². The van der Waals surface area contributed by atoms with Crippen molar-refractivity contribution in [2.45, 2.75) is 26.7 Å². The minimum absolute atomic E-state index is 0.423. The average Bonchev–Trinajstić information content (AvgIpc) is 2.82. The van der Waals surface area contributed by atoms with Crippen molar-refractivity contribution in [3.8, 4) is 5.69 Å². The number of hydrogen-bond donors (Lipinski definition) is 1. The molecule has 0 bridgehead atoms. The molecule has 1 aromatic heterocycles. The predicted molar refractivity (Wildman–Crippen MR) is 78.2 cm³/mol. The zero-order valence-electron chi connectivity index (χ0n) is 10.7. The molecule has 3 nitrogen and oxygen atoms in total. The number of nitrogens with two attached hydrogens (primary N) is 1. The molecule has 0 aliphatic carbocycles. The molecule has 0 atom stereocenters. The SMILES string of the molecule is CCc1cc(CC)n(-c2ccc(C(N)=S)cc2)n1.